The van der Waals surface area contributed by atoms with E-state index in [1.165, 1.54) is 48.8 Å². The van der Waals surface area contributed by atoms with Crippen molar-refractivity contribution in [2.75, 3.05) is 5.32 Å². The predicted octanol–water partition coefficient (Wildman–Crippen LogP) is 4.29. The molecule has 0 bridgehead atoms. The number of aromatic nitrogens is 4. The van der Waals surface area contributed by atoms with E-state index in [4.69, 9.17) is 0 Å². The SMILES string of the molecule is CC(C)NS(=O)(=O)c1cccc(C(=O)Nc2ccc(-n3nc(-c4cccnc4)cc3C(F)(F)F)cn2)c1. The molecule has 0 aliphatic heterocycles. The lowest BCUT2D eigenvalue weighted by Gasteiger charge is -2.11. The van der Waals surface area contributed by atoms with Gasteiger partial charge in [-0.25, -0.2) is 22.8 Å². The van der Waals surface area contributed by atoms with Crippen LogP contribution in [0.15, 0.2) is 78.1 Å². The number of amides is 1. The van der Waals surface area contributed by atoms with Gasteiger partial charge in [-0.1, -0.05) is 6.07 Å². The molecule has 37 heavy (non-hydrogen) atoms. The van der Waals surface area contributed by atoms with E-state index in [2.05, 4.69) is 25.1 Å². The van der Waals surface area contributed by atoms with E-state index in [-0.39, 0.29) is 33.7 Å². The first-order chi connectivity index (χ1) is 17.4. The number of benzene rings is 1. The Morgan fingerprint density at radius 2 is 1.81 bits per heavy atom. The molecule has 2 N–H and O–H groups in total. The largest absolute Gasteiger partial charge is 0.433 e. The fourth-order valence-electron chi connectivity index (χ4n) is 3.39. The average molecular weight is 531 g/mol. The number of carbonyl (C=O) groups is 1. The summed E-state index contributed by atoms with van der Waals surface area (Å²) in [5.41, 5.74) is -0.424. The van der Waals surface area contributed by atoms with E-state index < -0.39 is 27.8 Å². The van der Waals surface area contributed by atoms with Crippen LogP contribution in [-0.2, 0) is 16.2 Å². The number of alkyl halides is 3. The zero-order chi connectivity index (χ0) is 26.8. The van der Waals surface area contributed by atoms with Crippen molar-refractivity contribution in [3.8, 4) is 16.9 Å². The molecule has 0 atom stereocenters. The summed E-state index contributed by atoms with van der Waals surface area (Å²) in [5.74, 6) is -0.591. The van der Waals surface area contributed by atoms with Crippen LogP contribution in [0.5, 0.6) is 0 Å². The molecule has 9 nitrogen and oxygen atoms in total. The van der Waals surface area contributed by atoms with E-state index in [0.29, 0.717) is 5.56 Å². The van der Waals surface area contributed by atoms with Crippen molar-refractivity contribution in [2.24, 2.45) is 0 Å². The third-order valence-corrected chi connectivity index (χ3v) is 6.64. The first kappa shape index (κ1) is 26.0. The smallest absolute Gasteiger partial charge is 0.307 e. The Morgan fingerprint density at radius 1 is 1.03 bits per heavy atom. The lowest BCUT2D eigenvalue weighted by atomic mass is 10.2. The molecule has 0 saturated carbocycles. The average Bonchev–Trinajstić information content (AvgIpc) is 3.31. The van der Waals surface area contributed by atoms with Crippen molar-refractivity contribution >= 4 is 21.7 Å². The highest BCUT2D eigenvalue weighted by molar-refractivity contribution is 7.89. The summed E-state index contributed by atoms with van der Waals surface area (Å²) in [7, 11) is -3.81. The van der Waals surface area contributed by atoms with Gasteiger partial charge in [-0.3, -0.25) is 9.78 Å². The molecule has 1 aromatic carbocycles. The normalized spacial score (nSPS) is 12.1. The third-order valence-electron chi connectivity index (χ3n) is 4.99. The van der Waals surface area contributed by atoms with Gasteiger partial charge in [0.1, 0.15) is 11.5 Å². The molecular formula is C24H21F3N6O3S. The number of nitrogens with zero attached hydrogens (tertiary/aromatic N) is 4. The van der Waals surface area contributed by atoms with Crippen LogP contribution < -0.4 is 10.0 Å². The predicted molar refractivity (Wildman–Crippen MR) is 129 cm³/mol. The minimum atomic E-state index is -4.68. The monoisotopic (exact) mass is 530 g/mol. The van der Waals surface area contributed by atoms with Crippen molar-refractivity contribution in [1.29, 1.82) is 0 Å². The number of hydrogen-bond acceptors (Lipinski definition) is 6. The summed E-state index contributed by atoms with van der Waals surface area (Å²) in [6.45, 7) is 3.34. The minimum Gasteiger partial charge on any atom is -0.307 e. The molecule has 0 fully saturated rings. The molecule has 4 rings (SSSR count). The highest BCUT2D eigenvalue weighted by Crippen LogP contribution is 2.34. The fraction of sp³-hybridized carbons (Fsp3) is 0.167. The van der Waals surface area contributed by atoms with Crippen molar-refractivity contribution in [2.45, 2.75) is 31.0 Å². The molecule has 0 unspecified atom stereocenters. The van der Waals surface area contributed by atoms with Gasteiger partial charge in [0.2, 0.25) is 10.0 Å². The summed E-state index contributed by atoms with van der Waals surface area (Å²) >= 11 is 0. The van der Waals surface area contributed by atoms with E-state index in [0.717, 1.165) is 16.9 Å². The number of nitrogens with one attached hydrogen (secondary N) is 2. The van der Waals surface area contributed by atoms with Gasteiger partial charge < -0.3 is 5.32 Å². The Bertz CT molecular complexity index is 1520. The molecule has 0 spiro atoms. The maximum absolute atomic E-state index is 13.7. The van der Waals surface area contributed by atoms with Crippen molar-refractivity contribution < 1.29 is 26.4 Å². The van der Waals surface area contributed by atoms with E-state index >= 15 is 0 Å². The zero-order valence-electron chi connectivity index (χ0n) is 19.6. The summed E-state index contributed by atoms with van der Waals surface area (Å²) in [4.78, 5) is 20.5. The van der Waals surface area contributed by atoms with Gasteiger partial charge in [-0.05, 0) is 62.4 Å². The van der Waals surface area contributed by atoms with E-state index in [1.807, 2.05) is 0 Å². The highest BCUT2D eigenvalue weighted by atomic mass is 32.2. The Kier molecular flexibility index (Phi) is 7.09. The standard InChI is InChI=1S/C24H21F3N6O3S/c1-15(2)32-37(35,36)19-7-3-5-16(11-19)23(34)30-22-9-8-18(14-29-22)33-21(24(25,26)27)12-20(31-33)17-6-4-10-28-13-17/h3-15,32H,1-2H3,(H,29,30,34). The Morgan fingerprint density at radius 3 is 2.43 bits per heavy atom. The van der Waals surface area contributed by atoms with Gasteiger partial charge in [0, 0.05) is 29.6 Å². The molecule has 0 aliphatic rings. The van der Waals surface area contributed by atoms with Crippen LogP contribution in [-0.4, -0.2) is 40.1 Å². The first-order valence-electron chi connectivity index (χ1n) is 10.9. The van der Waals surface area contributed by atoms with Crippen LogP contribution in [0.3, 0.4) is 0 Å². The van der Waals surface area contributed by atoms with Crippen LogP contribution >= 0.6 is 0 Å². The maximum atomic E-state index is 13.7. The highest BCUT2D eigenvalue weighted by Gasteiger charge is 2.36. The van der Waals surface area contributed by atoms with Crippen molar-refractivity contribution in [3.63, 3.8) is 0 Å². The Balaban J connectivity index is 1.57. The molecule has 0 aliphatic carbocycles. The molecule has 0 radical (unpaired) electrons. The van der Waals surface area contributed by atoms with Gasteiger partial charge in [-0.2, -0.15) is 18.3 Å². The van der Waals surface area contributed by atoms with Crippen molar-refractivity contribution in [1.82, 2.24) is 24.5 Å². The number of pyridine rings is 2. The topological polar surface area (TPSA) is 119 Å². The van der Waals surface area contributed by atoms with Gasteiger partial charge in [-0.15, -0.1) is 0 Å². The Labute approximate surface area is 210 Å². The van der Waals surface area contributed by atoms with E-state index in [9.17, 15) is 26.4 Å². The number of rotatable bonds is 7. The van der Waals surface area contributed by atoms with Crippen LogP contribution in [0.4, 0.5) is 19.0 Å². The number of halogens is 3. The number of anilines is 1. The molecule has 3 aromatic heterocycles. The molecule has 3 heterocycles. The van der Waals surface area contributed by atoms with Crippen LogP contribution in [0, 0.1) is 0 Å². The lowest BCUT2D eigenvalue weighted by molar-refractivity contribution is -0.142. The molecular weight excluding hydrogens is 509 g/mol. The quantitative estimate of drug-likeness (QED) is 0.368. The first-order valence-corrected chi connectivity index (χ1v) is 12.4. The third kappa shape index (κ3) is 6.01. The Hall–Kier alpha value is -4.10. The number of sulfonamides is 1. The summed E-state index contributed by atoms with van der Waals surface area (Å²) in [5, 5.41) is 6.58. The number of carbonyl (C=O) groups excluding carboxylic acids is 1. The molecule has 0 saturated heterocycles. The van der Waals surface area contributed by atoms with Crippen LogP contribution in [0.2, 0.25) is 0 Å². The number of hydrogen-bond donors (Lipinski definition) is 2. The maximum Gasteiger partial charge on any atom is 0.433 e. The lowest BCUT2D eigenvalue weighted by Crippen LogP contribution is -2.30. The molecule has 192 valence electrons. The molecule has 13 heteroatoms. The summed E-state index contributed by atoms with van der Waals surface area (Å²) in [6.07, 6.45) is -0.642. The molecule has 4 aromatic rings. The van der Waals surface area contributed by atoms with Crippen molar-refractivity contribution in [3.05, 3.63) is 84.4 Å². The molecule has 1 amide bonds. The zero-order valence-corrected chi connectivity index (χ0v) is 20.4. The second kappa shape index (κ2) is 10.1. The second-order valence-corrected chi connectivity index (χ2v) is 9.94. The van der Waals surface area contributed by atoms with Crippen LogP contribution in [0.1, 0.15) is 29.9 Å². The summed E-state index contributed by atoms with van der Waals surface area (Å²) < 4.78 is 69.0. The van der Waals surface area contributed by atoms with Gasteiger partial charge in [0.15, 0.2) is 0 Å². The van der Waals surface area contributed by atoms with Gasteiger partial charge in [0.05, 0.1) is 22.5 Å². The van der Waals surface area contributed by atoms with Gasteiger partial charge >= 0.3 is 6.18 Å². The minimum absolute atomic E-state index is 0.0216. The summed E-state index contributed by atoms with van der Waals surface area (Å²) in [6, 6.07) is 11.8. The second-order valence-electron chi connectivity index (χ2n) is 8.23. The van der Waals surface area contributed by atoms with E-state index in [1.54, 1.807) is 26.0 Å². The van der Waals surface area contributed by atoms with Gasteiger partial charge in [0.25, 0.3) is 5.91 Å². The fourth-order valence-corrected chi connectivity index (χ4v) is 4.69. The van der Waals surface area contributed by atoms with Crippen LogP contribution in [0.25, 0.3) is 16.9 Å².